The summed E-state index contributed by atoms with van der Waals surface area (Å²) in [6.45, 7) is 6.46. The summed E-state index contributed by atoms with van der Waals surface area (Å²) in [4.78, 5) is 15.0. The van der Waals surface area contributed by atoms with Gasteiger partial charge in [0.25, 0.3) is 0 Å². The molecular formula is C30H32F3NO3S. The highest BCUT2D eigenvalue weighted by Gasteiger charge is 2.30. The highest BCUT2D eigenvalue weighted by molar-refractivity contribution is 7.12. The maximum atomic E-state index is 12.8. The molecule has 1 aliphatic rings. The smallest absolute Gasteiger partial charge is 0.393 e. The van der Waals surface area contributed by atoms with Crippen molar-refractivity contribution < 1.29 is 27.8 Å². The second kappa shape index (κ2) is 12.2. The molecule has 1 N–H and O–H groups in total. The predicted molar refractivity (Wildman–Crippen MR) is 144 cm³/mol. The lowest BCUT2D eigenvalue weighted by Gasteiger charge is -2.27. The fourth-order valence-corrected chi connectivity index (χ4v) is 6.03. The van der Waals surface area contributed by atoms with Crippen LogP contribution in [0.5, 0.6) is 5.75 Å². The fourth-order valence-electron chi connectivity index (χ4n) is 4.83. The van der Waals surface area contributed by atoms with E-state index in [1.54, 1.807) is 6.07 Å². The van der Waals surface area contributed by atoms with Crippen LogP contribution in [-0.4, -0.2) is 28.7 Å². The van der Waals surface area contributed by atoms with E-state index in [1.807, 2.05) is 56.3 Å². The van der Waals surface area contributed by atoms with Gasteiger partial charge in [-0.2, -0.15) is 13.2 Å². The van der Waals surface area contributed by atoms with Gasteiger partial charge in [-0.05, 0) is 60.7 Å². The molecule has 0 unspecified atom stereocenters. The second-order valence-electron chi connectivity index (χ2n) is 9.77. The minimum atomic E-state index is -4.17. The third-order valence-electron chi connectivity index (χ3n) is 6.84. The first-order chi connectivity index (χ1) is 18.1. The van der Waals surface area contributed by atoms with Crippen molar-refractivity contribution in [1.29, 1.82) is 0 Å². The van der Waals surface area contributed by atoms with Gasteiger partial charge in [0.05, 0.1) is 12.8 Å². The van der Waals surface area contributed by atoms with E-state index in [0.717, 1.165) is 52.2 Å². The summed E-state index contributed by atoms with van der Waals surface area (Å²) in [7, 11) is 0. The molecule has 2 aromatic carbocycles. The largest absolute Gasteiger partial charge is 0.489 e. The van der Waals surface area contributed by atoms with Crippen molar-refractivity contribution in [1.82, 2.24) is 4.90 Å². The summed E-state index contributed by atoms with van der Waals surface area (Å²) in [6.07, 6.45) is -2.26. The van der Waals surface area contributed by atoms with Gasteiger partial charge in [0.1, 0.15) is 12.4 Å². The number of benzene rings is 2. The Labute approximate surface area is 225 Å². The van der Waals surface area contributed by atoms with E-state index in [9.17, 15) is 23.1 Å². The van der Waals surface area contributed by atoms with E-state index in [2.05, 4.69) is 17.0 Å². The topological polar surface area (TPSA) is 49.8 Å². The average Bonchev–Trinajstić information content (AvgIpc) is 3.26. The molecule has 4 rings (SSSR count). The Morgan fingerprint density at radius 3 is 2.58 bits per heavy atom. The first-order valence-electron chi connectivity index (χ1n) is 12.6. The van der Waals surface area contributed by atoms with Crippen molar-refractivity contribution >= 4 is 17.3 Å². The summed E-state index contributed by atoms with van der Waals surface area (Å²) in [5.74, 6) is -0.288. The van der Waals surface area contributed by atoms with Crippen molar-refractivity contribution in [3.8, 4) is 5.75 Å². The third-order valence-corrected chi connectivity index (χ3v) is 8.08. The Hall–Kier alpha value is -3.10. The molecule has 202 valence electrons. The number of nitrogens with zero attached hydrogens (tertiary/aromatic N) is 1. The number of fused-ring (bicyclic) bond motifs is 1. The van der Waals surface area contributed by atoms with E-state index in [-0.39, 0.29) is 12.3 Å². The molecule has 0 radical (unpaired) electrons. The van der Waals surface area contributed by atoms with Crippen molar-refractivity contribution in [3.63, 3.8) is 0 Å². The van der Waals surface area contributed by atoms with Gasteiger partial charge in [0, 0.05) is 35.3 Å². The molecule has 38 heavy (non-hydrogen) atoms. The van der Waals surface area contributed by atoms with Gasteiger partial charge in [-0.3, -0.25) is 9.69 Å². The molecule has 4 nitrogen and oxygen atoms in total. The molecule has 1 aliphatic heterocycles. The quantitative estimate of drug-likeness (QED) is 0.269. The second-order valence-corrected chi connectivity index (χ2v) is 11.0. The Bertz CT molecular complexity index is 1280. The summed E-state index contributed by atoms with van der Waals surface area (Å²) < 4.78 is 44.3. The summed E-state index contributed by atoms with van der Waals surface area (Å²) >= 11 is 1.29. The molecule has 8 heteroatoms. The SMILES string of the molecule is C/C=C(\C)[C@@H](CC(=O)O)c1ccc(OCc2cccc(CN3CCc4sc(CC(F)(F)F)cc4C3)c2)cc1. The molecule has 3 aromatic rings. The summed E-state index contributed by atoms with van der Waals surface area (Å²) in [5.41, 5.74) is 5.13. The monoisotopic (exact) mass is 543 g/mol. The number of carbonyl (C=O) groups is 1. The number of hydrogen-bond acceptors (Lipinski definition) is 4. The van der Waals surface area contributed by atoms with Crippen LogP contribution in [-0.2, 0) is 37.3 Å². The van der Waals surface area contributed by atoms with Crippen LogP contribution in [0.1, 0.15) is 58.2 Å². The standard InChI is InChI=1S/C30H32F3NO3S/c1-3-20(2)27(15-29(35)36)23-7-9-25(10-8-23)37-19-22-6-4-5-21(13-22)17-34-12-11-28-24(18-34)14-26(38-28)16-30(31,32)33/h3-10,13-14,27H,11-12,15-19H2,1-2H3,(H,35,36)/b20-3+/t27-/m1/s1. The fraction of sp³-hybridized carbons (Fsp3) is 0.367. The van der Waals surface area contributed by atoms with Crippen LogP contribution in [0.3, 0.4) is 0 Å². The number of carboxylic acids is 1. The van der Waals surface area contributed by atoms with Gasteiger partial charge < -0.3 is 9.84 Å². The number of thiophene rings is 1. The van der Waals surface area contributed by atoms with Crippen LogP contribution in [0.15, 0.2) is 66.2 Å². The molecule has 0 saturated carbocycles. The molecular weight excluding hydrogens is 511 g/mol. The normalized spacial score (nSPS) is 15.2. The van der Waals surface area contributed by atoms with Gasteiger partial charge in [-0.25, -0.2) is 0 Å². The highest BCUT2D eigenvalue weighted by atomic mass is 32.1. The van der Waals surface area contributed by atoms with E-state index >= 15 is 0 Å². The van der Waals surface area contributed by atoms with Gasteiger partial charge in [0.2, 0.25) is 0 Å². The average molecular weight is 544 g/mol. The number of alkyl halides is 3. The van der Waals surface area contributed by atoms with Crippen molar-refractivity contribution in [2.24, 2.45) is 0 Å². The van der Waals surface area contributed by atoms with E-state index in [4.69, 9.17) is 4.74 Å². The van der Waals surface area contributed by atoms with Crippen molar-refractivity contribution in [2.45, 2.75) is 64.9 Å². The molecule has 0 bridgehead atoms. The maximum Gasteiger partial charge on any atom is 0.393 e. The lowest BCUT2D eigenvalue weighted by atomic mass is 9.89. The van der Waals surface area contributed by atoms with Gasteiger partial charge >= 0.3 is 12.1 Å². The van der Waals surface area contributed by atoms with Crippen LogP contribution in [0, 0.1) is 0 Å². The van der Waals surface area contributed by atoms with E-state index in [0.29, 0.717) is 23.8 Å². The lowest BCUT2D eigenvalue weighted by Crippen LogP contribution is -2.29. The van der Waals surface area contributed by atoms with Crippen LogP contribution >= 0.6 is 11.3 Å². The zero-order chi connectivity index (χ0) is 27.3. The first kappa shape index (κ1) is 27.9. The molecule has 1 aromatic heterocycles. The Balaban J connectivity index is 1.34. The molecule has 0 amide bonds. The number of aliphatic carboxylic acids is 1. The Kier molecular flexibility index (Phi) is 8.95. The van der Waals surface area contributed by atoms with E-state index < -0.39 is 18.6 Å². The molecule has 0 saturated heterocycles. The van der Waals surface area contributed by atoms with Crippen LogP contribution in [0.2, 0.25) is 0 Å². The number of ether oxygens (including phenoxy) is 1. The molecule has 2 heterocycles. The lowest BCUT2D eigenvalue weighted by molar-refractivity contribution is -0.137. The number of carboxylic acid groups (broad SMARTS) is 1. The third kappa shape index (κ3) is 7.71. The molecule has 1 atom stereocenters. The van der Waals surface area contributed by atoms with Crippen LogP contribution in [0.25, 0.3) is 0 Å². The highest BCUT2D eigenvalue weighted by Crippen LogP contribution is 2.33. The Morgan fingerprint density at radius 1 is 1.16 bits per heavy atom. The molecule has 0 fully saturated rings. The molecule has 0 aliphatic carbocycles. The zero-order valence-corrected chi connectivity index (χ0v) is 22.4. The Morgan fingerprint density at radius 2 is 1.89 bits per heavy atom. The van der Waals surface area contributed by atoms with Crippen molar-refractivity contribution in [3.05, 3.63) is 98.3 Å². The van der Waals surface area contributed by atoms with Gasteiger partial charge in [-0.1, -0.05) is 48.0 Å². The van der Waals surface area contributed by atoms with Crippen LogP contribution in [0.4, 0.5) is 13.2 Å². The van der Waals surface area contributed by atoms with E-state index in [1.165, 1.54) is 11.3 Å². The van der Waals surface area contributed by atoms with Crippen molar-refractivity contribution in [2.75, 3.05) is 6.54 Å². The van der Waals surface area contributed by atoms with Gasteiger partial charge in [0.15, 0.2) is 0 Å². The number of allylic oxidation sites excluding steroid dienone is 2. The number of hydrogen-bond donors (Lipinski definition) is 1. The number of halogens is 3. The number of rotatable bonds is 10. The van der Waals surface area contributed by atoms with Gasteiger partial charge in [-0.15, -0.1) is 11.3 Å². The minimum Gasteiger partial charge on any atom is -0.489 e. The zero-order valence-electron chi connectivity index (χ0n) is 21.6. The summed E-state index contributed by atoms with van der Waals surface area (Å²) in [6, 6.07) is 17.5. The minimum absolute atomic E-state index is 0.0443. The van der Waals surface area contributed by atoms with Crippen LogP contribution < -0.4 is 4.74 Å². The summed E-state index contributed by atoms with van der Waals surface area (Å²) in [5, 5.41) is 9.27. The first-order valence-corrected chi connectivity index (χ1v) is 13.5. The molecule has 0 spiro atoms. The predicted octanol–water partition coefficient (Wildman–Crippen LogP) is 7.51. The maximum absolute atomic E-state index is 12.8.